The van der Waals surface area contributed by atoms with Crippen LogP contribution in [0.25, 0.3) is 10.8 Å². The van der Waals surface area contributed by atoms with E-state index in [1.807, 2.05) is 6.07 Å². The van der Waals surface area contributed by atoms with Crippen LogP contribution in [0.2, 0.25) is 0 Å². The van der Waals surface area contributed by atoms with E-state index in [4.69, 9.17) is 0 Å². The van der Waals surface area contributed by atoms with Crippen molar-refractivity contribution in [3.8, 4) is 0 Å². The number of nitrogens with zero attached hydrogens (tertiary/aromatic N) is 1. The molecular formula is C16H13Br2N. The van der Waals surface area contributed by atoms with Gasteiger partial charge in [0.2, 0.25) is 0 Å². The monoisotopic (exact) mass is 377 g/mol. The van der Waals surface area contributed by atoms with Gasteiger partial charge in [-0.15, -0.1) is 0 Å². The van der Waals surface area contributed by atoms with Gasteiger partial charge in [-0.2, -0.15) is 4.57 Å². The average Bonchev–Trinajstić information content (AvgIpc) is 2.40. The van der Waals surface area contributed by atoms with Gasteiger partial charge in [-0.25, -0.2) is 0 Å². The first-order valence-electron chi connectivity index (χ1n) is 5.94. The van der Waals surface area contributed by atoms with Crippen molar-refractivity contribution >= 4 is 26.7 Å². The Morgan fingerprint density at radius 1 is 0.842 bits per heavy atom. The van der Waals surface area contributed by atoms with Crippen LogP contribution in [0, 0.1) is 0 Å². The number of halogens is 2. The van der Waals surface area contributed by atoms with E-state index in [9.17, 15) is 0 Å². The summed E-state index contributed by atoms with van der Waals surface area (Å²) in [4.78, 5) is 0. The minimum atomic E-state index is 0. The molecule has 0 saturated carbocycles. The molecule has 3 heteroatoms. The SMILES string of the molecule is Brc1c[n+](Cc2ccccc2)cc2ccccc12.[Br-]. The van der Waals surface area contributed by atoms with Crippen molar-refractivity contribution in [2.24, 2.45) is 0 Å². The Hall–Kier alpha value is -1.19. The average molecular weight is 379 g/mol. The third kappa shape index (κ3) is 3.23. The molecule has 0 unspecified atom stereocenters. The molecule has 2 aromatic carbocycles. The molecule has 96 valence electrons. The molecule has 1 aromatic heterocycles. The first kappa shape index (κ1) is 14.2. The second-order valence-corrected chi connectivity index (χ2v) is 5.21. The van der Waals surface area contributed by atoms with Crippen LogP contribution in [-0.2, 0) is 6.54 Å². The Balaban J connectivity index is 0.00000133. The largest absolute Gasteiger partial charge is 1.00 e. The second kappa shape index (κ2) is 6.31. The Morgan fingerprint density at radius 3 is 2.32 bits per heavy atom. The van der Waals surface area contributed by atoms with Gasteiger partial charge in [-0.3, -0.25) is 0 Å². The summed E-state index contributed by atoms with van der Waals surface area (Å²) in [6.07, 6.45) is 4.32. The smallest absolute Gasteiger partial charge is 0.184 e. The van der Waals surface area contributed by atoms with Gasteiger partial charge in [0.05, 0.1) is 4.47 Å². The van der Waals surface area contributed by atoms with E-state index in [1.54, 1.807) is 0 Å². The summed E-state index contributed by atoms with van der Waals surface area (Å²) in [6.45, 7) is 0.893. The van der Waals surface area contributed by atoms with Crippen molar-refractivity contribution in [3.05, 3.63) is 77.0 Å². The molecule has 0 fully saturated rings. The summed E-state index contributed by atoms with van der Waals surface area (Å²) in [6, 6.07) is 18.9. The van der Waals surface area contributed by atoms with Gasteiger partial charge in [-0.05, 0) is 22.0 Å². The highest BCUT2D eigenvalue weighted by atomic mass is 79.9. The predicted molar refractivity (Wildman–Crippen MR) is 77.4 cm³/mol. The van der Waals surface area contributed by atoms with Gasteiger partial charge in [0, 0.05) is 16.3 Å². The van der Waals surface area contributed by atoms with Crippen molar-refractivity contribution < 1.29 is 21.5 Å². The summed E-state index contributed by atoms with van der Waals surface area (Å²) in [5.41, 5.74) is 1.31. The molecule has 0 saturated heterocycles. The molecule has 0 atom stereocenters. The van der Waals surface area contributed by atoms with Gasteiger partial charge < -0.3 is 17.0 Å². The van der Waals surface area contributed by atoms with Gasteiger partial charge in [0.25, 0.3) is 0 Å². The van der Waals surface area contributed by atoms with Gasteiger partial charge >= 0.3 is 0 Å². The Bertz CT molecular complexity index is 681. The predicted octanol–water partition coefficient (Wildman–Crippen LogP) is 0.942. The zero-order valence-electron chi connectivity index (χ0n) is 10.3. The van der Waals surface area contributed by atoms with Crippen LogP contribution in [-0.4, -0.2) is 0 Å². The van der Waals surface area contributed by atoms with E-state index < -0.39 is 0 Å². The van der Waals surface area contributed by atoms with Crippen LogP contribution in [0.1, 0.15) is 5.56 Å². The Labute approximate surface area is 131 Å². The lowest BCUT2D eigenvalue weighted by Gasteiger charge is -2.02. The molecule has 0 aliphatic heterocycles. The number of hydrogen-bond acceptors (Lipinski definition) is 0. The normalized spacial score (nSPS) is 10.2. The van der Waals surface area contributed by atoms with Crippen molar-refractivity contribution in [1.82, 2.24) is 0 Å². The van der Waals surface area contributed by atoms with Gasteiger partial charge in [-0.1, -0.05) is 48.5 Å². The highest BCUT2D eigenvalue weighted by molar-refractivity contribution is 9.10. The summed E-state index contributed by atoms with van der Waals surface area (Å²) in [7, 11) is 0. The lowest BCUT2D eigenvalue weighted by Crippen LogP contribution is -3.00. The summed E-state index contributed by atoms with van der Waals surface area (Å²) in [5.74, 6) is 0. The Kier molecular flexibility index (Phi) is 4.72. The van der Waals surface area contributed by atoms with Crippen molar-refractivity contribution in [1.29, 1.82) is 0 Å². The molecule has 0 amide bonds. The first-order chi connectivity index (χ1) is 8.83. The highest BCUT2D eigenvalue weighted by Gasteiger charge is 2.08. The first-order valence-corrected chi connectivity index (χ1v) is 6.73. The minimum Gasteiger partial charge on any atom is -1.00 e. The summed E-state index contributed by atoms with van der Waals surface area (Å²) in [5, 5.41) is 2.50. The lowest BCUT2D eigenvalue weighted by atomic mass is 10.1. The summed E-state index contributed by atoms with van der Waals surface area (Å²) < 4.78 is 3.35. The molecule has 0 bridgehead atoms. The highest BCUT2D eigenvalue weighted by Crippen LogP contribution is 2.21. The molecule has 1 heterocycles. The van der Waals surface area contributed by atoms with E-state index in [-0.39, 0.29) is 17.0 Å². The zero-order chi connectivity index (χ0) is 12.4. The number of fused-ring (bicyclic) bond motifs is 1. The maximum Gasteiger partial charge on any atom is 0.184 e. The molecule has 19 heavy (non-hydrogen) atoms. The van der Waals surface area contributed by atoms with E-state index in [0.717, 1.165) is 11.0 Å². The molecule has 0 aliphatic carbocycles. The standard InChI is InChI=1S/C16H13BrN.BrH/c17-16-12-18(10-13-6-2-1-3-7-13)11-14-8-4-5-9-15(14)16;/h1-9,11-12H,10H2;1H/q+1;/p-1. The number of hydrogen-bond donors (Lipinski definition) is 0. The summed E-state index contributed by atoms with van der Waals surface area (Å²) >= 11 is 3.64. The van der Waals surface area contributed by atoms with Crippen LogP contribution in [0.3, 0.4) is 0 Å². The maximum absolute atomic E-state index is 3.64. The zero-order valence-corrected chi connectivity index (χ0v) is 13.4. The fourth-order valence-electron chi connectivity index (χ4n) is 2.14. The molecule has 0 spiro atoms. The fourth-order valence-corrected chi connectivity index (χ4v) is 2.77. The van der Waals surface area contributed by atoms with Crippen LogP contribution >= 0.6 is 15.9 Å². The van der Waals surface area contributed by atoms with E-state index in [1.165, 1.54) is 16.3 Å². The lowest BCUT2D eigenvalue weighted by molar-refractivity contribution is -0.687. The third-order valence-corrected chi connectivity index (χ3v) is 3.64. The number of pyridine rings is 1. The van der Waals surface area contributed by atoms with Crippen molar-refractivity contribution in [2.45, 2.75) is 6.54 Å². The van der Waals surface area contributed by atoms with Gasteiger partial charge in [0.15, 0.2) is 18.9 Å². The molecule has 0 aliphatic rings. The van der Waals surface area contributed by atoms with Crippen LogP contribution in [0.4, 0.5) is 0 Å². The number of aromatic nitrogens is 1. The van der Waals surface area contributed by atoms with Crippen LogP contribution in [0.5, 0.6) is 0 Å². The topological polar surface area (TPSA) is 3.88 Å². The van der Waals surface area contributed by atoms with E-state index in [2.05, 4.69) is 81.4 Å². The van der Waals surface area contributed by atoms with Crippen LogP contribution < -0.4 is 21.5 Å². The maximum atomic E-state index is 3.64. The Morgan fingerprint density at radius 2 is 1.53 bits per heavy atom. The third-order valence-electron chi connectivity index (χ3n) is 3.01. The number of rotatable bonds is 2. The van der Waals surface area contributed by atoms with Crippen molar-refractivity contribution in [3.63, 3.8) is 0 Å². The van der Waals surface area contributed by atoms with Crippen LogP contribution in [0.15, 0.2) is 71.5 Å². The molecule has 3 rings (SSSR count). The molecular weight excluding hydrogens is 366 g/mol. The number of benzene rings is 2. The van der Waals surface area contributed by atoms with Crippen molar-refractivity contribution in [2.75, 3.05) is 0 Å². The minimum absolute atomic E-state index is 0. The molecule has 0 radical (unpaired) electrons. The second-order valence-electron chi connectivity index (χ2n) is 4.35. The molecule has 1 nitrogen and oxygen atoms in total. The fraction of sp³-hybridized carbons (Fsp3) is 0.0625. The molecule has 3 aromatic rings. The van der Waals surface area contributed by atoms with E-state index >= 15 is 0 Å². The molecule has 0 N–H and O–H groups in total. The van der Waals surface area contributed by atoms with E-state index in [0.29, 0.717) is 0 Å². The van der Waals surface area contributed by atoms with Gasteiger partial charge in [0.1, 0.15) is 0 Å². The quantitative estimate of drug-likeness (QED) is 0.584.